The summed E-state index contributed by atoms with van der Waals surface area (Å²) in [5, 5.41) is 0. The predicted molar refractivity (Wildman–Crippen MR) is 196 cm³/mol. The summed E-state index contributed by atoms with van der Waals surface area (Å²) in [6, 6.07) is 41.9. The first-order chi connectivity index (χ1) is 23.0. The number of nitrogen functional groups attached to an aromatic ring is 2. The van der Waals surface area contributed by atoms with Crippen LogP contribution < -0.4 is 20.9 Å². The Morgan fingerprint density at radius 3 is 1.53 bits per heavy atom. The van der Waals surface area contributed by atoms with E-state index in [1.165, 1.54) is 60.8 Å². The summed E-state index contributed by atoms with van der Waals surface area (Å²) in [5.74, 6) is 3.77. The first-order valence-corrected chi connectivity index (χ1v) is 17.4. The molecule has 0 heterocycles. The predicted octanol–water partition coefficient (Wildman–Crippen LogP) is 11.6. The van der Waals surface area contributed by atoms with Crippen molar-refractivity contribution in [3.8, 4) is 23.0 Å². The molecule has 6 rings (SSSR count). The Kier molecular flexibility index (Phi) is 10.5. The molecule has 1 fully saturated rings. The van der Waals surface area contributed by atoms with Crippen LogP contribution >= 0.6 is 0 Å². The lowest BCUT2D eigenvalue weighted by Crippen LogP contribution is -2.32. The second kappa shape index (κ2) is 15.3. The largest absolute Gasteiger partial charge is 0.457 e. The van der Waals surface area contributed by atoms with Crippen LogP contribution in [0.4, 0.5) is 11.4 Å². The molecule has 0 radical (unpaired) electrons. The molecule has 4 N–H and O–H groups in total. The molecule has 242 valence electrons. The molecule has 0 bridgehead atoms. The van der Waals surface area contributed by atoms with Gasteiger partial charge in [-0.25, -0.2) is 0 Å². The van der Waals surface area contributed by atoms with Crippen molar-refractivity contribution in [2.45, 2.75) is 82.5 Å². The second-order valence-electron chi connectivity index (χ2n) is 13.2. The summed E-state index contributed by atoms with van der Waals surface area (Å²) in [6.45, 7) is 2.28. The van der Waals surface area contributed by atoms with Gasteiger partial charge < -0.3 is 20.9 Å². The molecule has 0 saturated heterocycles. The van der Waals surface area contributed by atoms with E-state index in [-0.39, 0.29) is 5.41 Å². The Balaban J connectivity index is 1.21. The van der Waals surface area contributed by atoms with E-state index in [0.717, 1.165) is 60.1 Å². The smallest absolute Gasteiger partial charge is 0.127 e. The molecular weight excluding hydrogens is 576 g/mol. The lowest BCUT2D eigenvalue weighted by Gasteiger charge is -2.42. The fraction of sp³-hybridized carbons (Fsp3) is 0.302. The third-order valence-electron chi connectivity index (χ3n) is 9.88. The van der Waals surface area contributed by atoms with Crippen LogP contribution in [0.3, 0.4) is 0 Å². The van der Waals surface area contributed by atoms with Crippen molar-refractivity contribution in [2.75, 3.05) is 11.5 Å². The molecule has 1 saturated carbocycles. The van der Waals surface area contributed by atoms with E-state index < -0.39 is 0 Å². The Hall–Kier alpha value is -4.70. The van der Waals surface area contributed by atoms with Crippen LogP contribution in [-0.4, -0.2) is 0 Å². The van der Waals surface area contributed by atoms with Crippen LogP contribution in [0.5, 0.6) is 23.0 Å². The van der Waals surface area contributed by atoms with Crippen LogP contribution in [-0.2, 0) is 11.8 Å². The lowest BCUT2D eigenvalue weighted by molar-refractivity contribution is 0.314. The highest BCUT2D eigenvalue weighted by atomic mass is 16.5. The van der Waals surface area contributed by atoms with Crippen molar-refractivity contribution in [3.63, 3.8) is 0 Å². The average molecular weight is 625 g/mol. The van der Waals surface area contributed by atoms with Gasteiger partial charge in [-0.3, -0.25) is 0 Å². The first kappa shape index (κ1) is 32.2. The zero-order chi connectivity index (χ0) is 32.5. The van der Waals surface area contributed by atoms with Gasteiger partial charge in [0.05, 0.1) is 0 Å². The van der Waals surface area contributed by atoms with Crippen LogP contribution in [0, 0.1) is 0 Å². The monoisotopic (exact) mass is 624 g/mol. The molecule has 0 unspecified atom stereocenters. The van der Waals surface area contributed by atoms with Gasteiger partial charge in [-0.1, -0.05) is 81.1 Å². The van der Waals surface area contributed by atoms with Crippen molar-refractivity contribution in [2.24, 2.45) is 0 Å². The fourth-order valence-corrected chi connectivity index (χ4v) is 7.15. The topological polar surface area (TPSA) is 70.5 Å². The number of anilines is 2. The van der Waals surface area contributed by atoms with Crippen molar-refractivity contribution in [1.82, 2.24) is 0 Å². The molecular formula is C43H48N2O2. The van der Waals surface area contributed by atoms with Crippen LogP contribution in [0.2, 0.25) is 0 Å². The van der Waals surface area contributed by atoms with Gasteiger partial charge in [0, 0.05) is 16.8 Å². The number of ether oxygens (including phenoxy) is 2. The van der Waals surface area contributed by atoms with Gasteiger partial charge in [0.2, 0.25) is 0 Å². The number of benzene rings is 5. The van der Waals surface area contributed by atoms with Crippen molar-refractivity contribution in [1.29, 1.82) is 0 Å². The minimum atomic E-state index is -0.0904. The third kappa shape index (κ3) is 8.18. The Morgan fingerprint density at radius 1 is 0.574 bits per heavy atom. The SMILES string of the molecule is CCCCCCCc1cccc(C2CCC(c3ccc(Oc4ccc(N)cc4)cc3)(c3ccc(Oc4ccc(N)cc4)cc3)CC2)c1. The number of unbranched alkanes of at least 4 members (excludes halogenated alkanes) is 4. The van der Waals surface area contributed by atoms with E-state index in [4.69, 9.17) is 20.9 Å². The molecule has 0 aromatic heterocycles. The highest BCUT2D eigenvalue weighted by Gasteiger charge is 2.39. The van der Waals surface area contributed by atoms with E-state index >= 15 is 0 Å². The molecule has 47 heavy (non-hydrogen) atoms. The van der Waals surface area contributed by atoms with Gasteiger partial charge >= 0.3 is 0 Å². The van der Waals surface area contributed by atoms with E-state index in [0.29, 0.717) is 5.92 Å². The molecule has 1 aliphatic carbocycles. The standard InChI is InChI=1S/C43H48N2O2/c1-2-3-4-5-6-8-32-9-7-10-34(31-32)33-27-29-43(30-28-33,35-11-19-39(20-12-35)46-41-23-15-37(44)16-24-41)36-13-21-40(22-14-36)47-42-25-17-38(45)18-26-42/h7,9-26,31,33H,2-6,8,27-30,44-45H2,1H3. The van der Waals surface area contributed by atoms with Gasteiger partial charge in [-0.2, -0.15) is 0 Å². The highest BCUT2D eigenvalue weighted by molar-refractivity contribution is 5.48. The first-order valence-electron chi connectivity index (χ1n) is 17.4. The van der Waals surface area contributed by atoms with E-state index in [1.54, 1.807) is 0 Å². The number of hydrogen-bond donors (Lipinski definition) is 2. The zero-order valence-corrected chi connectivity index (χ0v) is 27.7. The quantitative estimate of drug-likeness (QED) is 0.101. The Labute approximate surface area is 280 Å². The van der Waals surface area contributed by atoms with Crippen LogP contribution in [0.15, 0.2) is 121 Å². The van der Waals surface area contributed by atoms with E-state index in [2.05, 4.69) is 79.7 Å². The van der Waals surface area contributed by atoms with Gasteiger partial charge in [-0.15, -0.1) is 0 Å². The van der Waals surface area contributed by atoms with Crippen LogP contribution in [0.1, 0.15) is 92.9 Å². The summed E-state index contributed by atoms with van der Waals surface area (Å²) in [4.78, 5) is 0. The van der Waals surface area contributed by atoms with E-state index in [9.17, 15) is 0 Å². The lowest BCUT2D eigenvalue weighted by atomic mass is 9.62. The second-order valence-corrected chi connectivity index (χ2v) is 13.2. The normalized spacial score (nSPS) is 14.5. The molecule has 5 aromatic carbocycles. The van der Waals surface area contributed by atoms with Gasteiger partial charge in [0.1, 0.15) is 23.0 Å². The molecule has 0 spiro atoms. The summed E-state index contributed by atoms with van der Waals surface area (Å²) in [7, 11) is 0. The maximum atomic E-state index is 6.15. The highest BCUT2D eigenvalue weighted by Crippen LogP contribution is 2.49. The number of aryl methyl sites for hydroxylation is 1. The number of hydrogen-bond acceptors (Lipinski definition) is 4. The zero-order valence-electron chi connectivity index (χ0n) is 27.7. The molecule has 0 aliphatic heterocycles. The minimum Gasteiger partial charge on any atom is -0.457 e. The van der Waals surface area contributed by atoms with Crippen molar-refractivity contribution in [3.05, 3.63) is 144 Å². The van der Waals surface area contributed by atoms with Crippen molar-refractivity contribution >= 4 is 11.4 Å². The molecule has 5 aromatic rings. The minimum absolute atomic E-state index is 0.0904. The number of rotatable bonds is 13. The molecule has 4 nitrogen and oxygen atoms in total. The molecule has 4 heteroatoms. The van der Waals surface area contributed by atoms with Crippen molar-refractivity contribution < 1.29 is 9.47 Å². The Morgan fingerprint density at radius 2 is 1.04 bits per heavy atom. The van der Waals surface area contributed by atoms with Gasteiger partial charge in [-0.05, 0) is 139 Å². The maximum absolute atomic E-state index is 6.15. The molecule has 1 aliphatic rings. The van der Waals surface area contributed by atoms with E-state index in [1.807, 2.05) is 48.5 Å². The third-order valence-corrected chi connectivity index (χ3v) is 9.88. The summed E-state index contributed by atoms with van der Waals surface area (Å²) in [5.41, 5.74) is 18.7. The van der Waals surface area contributed by atoms with Gasteiger partial charge in [0.25, 0.3) is 0 Å². The van der Waals surface area contributed by atoms with Gasteiger partial charge in [0.15, 0.2) is 0 Å². The molecule has 0 amide bonds. The summed E-state index contributed by atoms with van der Waals surface area (Å²) in [6.07, 6.45) is 12.2. The summed E-state index contributed by atoms with van der Waals surface area (Å²) >= 11 is 0. The maximum Gasteiger partial charge on any atom is 0.127 e. The Bertz CT molecular complexity index is 1590. The molecule has 0 atom stereocenters. The summed E-state index contributed by atoms with van der Waals surface area (Å²) < 4.78 is 12.3. The fourth-order valence-electron chi connectivity index (χ4n) is 7.15. The average Bonchev–Trinajstić information content (AvgIpc) is 3.11. The van der Waals surface area contributed by atoms with Crippen LogP contribution in [0.25, 0.3) is 0 Å². The number of nitrogens with two attached hydrogens (primary N) is 2.